The normalized spacial score (nSPS) is 17.1. The quantitative estimate of drug-likeness (QED) is 0.213. The van der Waals surface area contributed by atoms with Gasteiger partial charge in [-0.1, -0.05) is 29.5 Å². The predicted octanol–water partition coefficient (Wildman–Crippen LogP) is 5.47. The summed E-state index contributed by atoms with van der Waals surface area (Å²) in [7, 11) is 1.48. The summed E-state index contributed by atoms with van der Waals surface area (Å²) in [5.41, 5.74) is 1.24. The van der Waals surface area contributed by atoms with Crippen LogP contribution in [0.4, 0.5) is 9.52 Å². The zero-order valence-electron chi connectivity index (χ0n) is 19.4. The highest BCUT2D eigenvalue weighted by atomic mass is 32.1. The lowest BCUT2D eigenvalue weighted by Gasteiger charge is -2.24. The van der Waals surface area contributed by atoms with Crippen molar-refractivity contribution in [2.75, 3.05) is 18.6 Å². The first-order valence-electron chi connectivity index (χ1n) is 11.2. The van der Waals surface area contributed by atoms with E-state index >= 15 is 0 Å². The van der Waals surface area contributed by atoms with Crippen molar-refractivity contribution in [2.24, 2.45) is 0 Å². The zero-order valence-corrected chi connectivity index (χ0v) is 20.2. The largest absolute Gasteiger partial charge is 0.507 e. The molecule has 0 radical (unpaired) electrons. The molecule has 1 aliphatic rings. The van der Waals surface area contributed by atoms with Gasteiger partial charge in [0.2, 0.25) is 0 Å². The molecule has 182 valence electrons. The molecule has 7 nitrogen and oxygen atoms in total. The van der Waals surface area contributed by atoms with Crippen molar-refractivity contribution in [1.82, 2.24) is 4.98 Å². The third-order valence-corrected chi connectivity index (χ3v) is 6.88. The van der Waals surface area contributed by atoms with Crippen LogP contribution in [0.25, 0.3) is 16.0 Å². The van der Waals surface area contributed by atoms with E-state index in [9.17, 15) is 19.1 Å². The first-order chi connectivity index (χ1) is 17.4. The smallest absolute Gasteiger partial charge is 0.301 e. The van der Waals surface area contributed by atoms with Crippen molar-refractivity contribution in [1.29, 1.82) is 0 Å². The number of Topliss-reactive ketones (excluding diaryl/α,β-unsaturated/α-hetero) is 1. The van der Waals surface area contributed by atoms with Crippen LogP contribution in [0.15, 0.2) is 72.3 Å². The fourth-order valence-corrected chi connectivity index (χ4v) is 5.25. The topological polar surface area (TPSA) is 89.0 Å². The van der Waals surface area contributed by atoms with Gasteiger partial charge in [0, 0.05) is 11.1 Å². The Morgan fingerprint density at radius 3 is 2.58 bits per heavy atom. The molecule has 1 N–H and O–H groups in total. The van der Waals surface area contributed by atoms with Gasteiger partial charge < -0.3 is 14.6 Å². The SMILES string of the molecule is CCOc1ccc(C(O)=C2C(=O)C(=O)N(c3nc4ccc(F)cc4s3)[C@H]2c2ccccc2OC)cc1. The van der Waals surface area contributed by atoms with Gasteiger partial charge in [-0.3, -0.25) is 14.5 Å². The van der Waals surface area contributed by atoms with Crippen molar-refractivity contribution < 1.29 is 28.6 Å². The van der Waals surface area contributed by atoms with Gasteiger partial charge in [0.05, 0.1) is 29.5 Å². The molecule has 0 spiro atoms. The van der Waals surface area contributed by atoms with Crippen LogP contribution in [-0.4, -0.2) is 35.5 Å². The number of aliphatic hydroxyl groups is 1. The molecular weight excluding hydrogens is 483 g/mol. The Balaban J connectivity index is 1.71. The molecule has 36 heavy (non-hydrogen) atoms. The highest BCUT2D eigenvalue weighted by Gasteiger charge is 2.49. The zero-order chi connectivity index (χ0) is 25.4. The monoisotopic (exact) mass is 504 g/mol. The first kappa shape index (κ1) is 23.5. The van der Waals surface area contributed by atoms with Crippen LogP contribution < -0.4 is 14.4 Å². The van der Waals surface area contributed by atoms with Gasteiger partial charge in [0.1, 0.15) is 29.1 Å². The van der Waals surface area contributed by atoms with Gasteiger partial charge in [-0.2, -0.15) is 0 Å². The Hall–Kier alpha value is -4.24. The highest BCUT2D eigenvalue weighted by Crippen LogP contribution is 2.46. The van der Waals surface area contributed by atoms with Crippen molar-refractivity contribution in [3.63, 3.8) is 0 Å². The number of para-hydroxylation sites is 1. The van der Waals surface area contributed by atoms with Crippen LogP contribution in [-0.2, 0) is 9.59 Å². The number of aromatic nitrogens is 1. The van der Waals surface area contributed by atoms with Gasteiger partial charge in [0.15, 0.2) is 5.13 Å². The second-order valence-corrected chi connectivity index (χ2v) is 8.99. The Bertz CT molecular complexity index is 1510. The second kappa shape index (κ2) is 9.43. The number of ether oxygens (including phenoxy) is 2. The van der Waals surface area contributed by atoms with Crippen LogP contribution in [0.2, 0.25) is 0 Å². The van der Waals surface area contributed by atoms with E-state index < -0.39 is 23.5 Å². The fourth-order valence-electron chi connectivity index (χ4n) is 4.24. The number of halogens is 1. The summed E-state index contributed by atoms with van der Waals surface area (Å²) in [6.07, 6.45) is 0. The van der Waals surface area contributed by atoms with Crippen molar-refractivity contribution in [2.45, 2.75) is 13.0 Å². The molecule has 0 bridgehead atoms. The number of nitrogens with zero attached hydrogens (tertiary/aromatic N) is 2. The molecule has 1 fully saturated rings. The standard InChI is InChI=1S/C27H21FN2O5S/c1-3-35-17-11-8-15(9-12-17)24(31)22-23(18-6-4-5-7-20(18)34-2)30(26(33)25(22)32)27-29-19-13-10-16(28)14-21(19)36-27/h4-14,23,31H,3H2,1-2H3/t23-/m0/s1. The number of fused-ring (bicyclic) bond motifs is 1. The number of ketones is 1. The Kier molecular flexibility index (Phi) is 6.15. The molecule has 2 heterocycles. The average molecular weight is 505 g/mol. The van der Waals surface area contributed by atoms with E-state index in [-0.39, 0.29) is 16.5 Å². The number of aliphatic hydroxyl groups excluding tert-OH is 1. The fraction of sp³-hybridized carbons (Fsp3) is 0.148. The molecule has 1 aromatic heterocycles. The van der Waals surface area contributed by atoms with Crippen LogP contribution in [0.5, 0.6) is 11.5 Å². The lowest BCUT2D eigenvalue weighted by atomic mass is 9.94. The number of methoxy groups -OCH3 is 1. The van der Waals surface area contributed by atoms with Crippen LogP contribution >= 0.6 is 11.3 Å². The van der Waals surface area contributed by atoms with Gasteiger partial charge in [-0.05, 0) is 55.5 Å². The number of carbonyl (C=O) groups excluding carboxylic acids is 2. The summed E-state index contributed by atoms with van der Waals surface area (Å²) in [4.78, 5) is 32.5. The van der Waals surface area contributed by atoms with E-state index in [1.165, 1.54) is 30.2 Å². The third-order valence-electron chi connectivity index (χ3n) is 5.86. The minimum atomic E-state index is -1.02. The minimum absolute atomic E-state index is 0.0981. The molecule has 0 saturated carbocycles. The third kappa shape index (κ3) is 3.97. The number of thiazole rings is 1. The van der Waals surface area contributed by atoms with Crippen LogP contribution in [0, 0.1) is 5.82 Å². The summed E-state index contributed by atoms with van der Waals surface area (Å²) < 4.78 is 25.3. The number of hydrogen-bond donors (Lipinski definition) is 1. The van der Waals surface area contributed by atoms with Gasteiger partial charge in [0.25, 0.3) is 5.78 Å². The van der Waals surface area contributed by atoms with E-state index in [0.29, 0.717) is 39.4 Å². The number of hydrogen-bond acceptors (Lipinski definition) is 7. The summed E-state index contributed by atoms with van der Waals surface area (Å²) in [6, 6.07) is 16.6. The number of rotatable bonds is 6. The predicted molar refractivity (Wildman–Crippen MR) is 135 cm³/mol. The molecule has 0 unspecified atom stereocenters. The molecule has 1 atom stereocenters. The molecule has 1 amide bonds. The Labute approximate surface area is 210 Å². The number of benzene rings is 3. The molecule has 0 aliphatic carbocycles. The number of carbonyl (C=O) groups is 2. The number of anilines is 1. The summed E-state index contributed by atoms with van der Waals surface area (Å²) in [6.45, 7) is 2.34. The number of amides is 1. The van der Waals surface area contributed by atoms with E-state index in [2.05, 4.69) is 4.98 Å². The van der Waals surface area contributed by atoms with E-state index in [4.69, 9.17) is 9.47 Å². The lowest BCUT2D eigenvalue weighted by molar-refractivity contribution is -0.132. The Morgan fingerprint density at radius 1 is 1.11 bits per heavy atom. The summed E-state index contributed by atoms with van der Waals surface area (Å²) in [5, 5.41) is 11.5. The van der Waals surface area contributed by atoms with Crippen molar-refractivity contribution in [3.05, 3.63) is 89.2 Å². The first-order valence-corrected chi connectivity index (χ1v) is 12.0. The van der Waals surface area contributed by atoms with Gasteiger partial charge in [-0.25, -0.2) is 9.37 Å². The molecule has 9 heteroatoms. The Morgan fingerprint density at radius 2 is 1.86 bits per heavy atom. The van der Waals surface area contributed by atoms with E-state index in [1.807, 2.05) is 6.92 Å². The maximum Gasteiger partial charge on any atom is 0.301 e. The highest BCUT2D eigenvalue weighted by molar-refractivity contribution is 7.22. The second-order valence-electron chi connectivity index (χ2n) is 7.98. The summed E-state index contributed by atoms with van der Waals surface area (Å²) in [5.74, 6) is -1.43. The van der Waals surface area contributed by atoms with Crippen molar-refractivity contribution >= 4 is 44.1 Å². The molecular formula is C27H21FN2O5S. The maximum absolute atomic E-state index is 13.8. The molecule has 1 saturated heterocycles. The molecule has 3 aromatic carbocycles. The lowest BCUT2D eigenvalue weighted by Crippen LogP contribution is -2.29. The van der Waals surface area contributed by atoms with Gasteiger partial charge >= 0.3 is 5.91 Å². The van der Waals surface area contributed by atoms with E-state index in [1.54, 1.807) is 48.5 Å². The molecule has 5 rings (SSSR count). The average Bonchev–Trinajstić information content (AvgIpc) is 3.41. The summed E-state index contributed by atoms with van der Waals surface area (Å²) >= 11 is 1.08. The van der Waals surface area contributed by atoms with Gasteiger partial charge in [-0.15, -0.1) is 0 Å². The van der Waals surface area contributed by atoms with Crippen LogP contribution in [0.3, 0.4) is 0 Å². The minimum Gasteiger partial charge on any atom is -0.507 e. The van der Waals surface area contributed by atoms with Crippen molar-refractivity contribution in [3.8, 4) is 11.5 Å². The molecule has 4 aromatic rings. The van der Waals surface area contributed by atoms with E-state index in [0.717, 1.165) is 11.3 Å². The van der Waals surface area contributed by atoms with Crippen LogP contribution in [0.1, 0.15) is 24.1 Å². The molecule has 1 aliphatic heterocycles. The maximum atomic E-state index is 13.8.